The third-order valence-electron chi connectivity index (χ3n) is 0.678. The van der Waals surface area contributed by atoms with Gasteiger partial charge >= 0.3 is 0 Å². The second-order valence-corrected chi connectivity index (χ2v) is 1.39. The van der Waals surface area contributed by atoms with E-state index in [1.807, 2.05) is 0 Å². The van der Waals surface area contributed by atoms with Gasteiger partial charge in [0.1, 0.15) is 0 Å². The molecule has 0 aromatic rings. The fraction of sp³-hybridized carbons (Fsp3) is 0.400. The van der Waals surface area contributed by atoms with Crippen LogP contribution >= 0.6 is 0 Å². The van der Waals surface area contributed by atoms with E-state index in [0.717, 1.165) is 0 Å². The Balaban J connectivity index is 3.35. The average Bonchev–Trinajstić information content (AvgIpc) is 1.83. The van der Waals surface area contributed by atoms with Gasteiger partial charge in [0.25, 0.3) is 0 Å². The summed E-state index contributed by atoms with van der Waals surface area (Å²) < 4.78 is 0. The highest BCUT2D eigenvalue weighted by atomic mass is 14.8. The first-order valence-corrected chi connectivity index (χ1v) is 2.41. The minimum absolute atomic E-state index is 0.248. The molecule has 0 aromatic carbocycles. The van der Waals surface area contributed by atoms with E-state index >= 15 is 0 Å². The smallest absolute Gasteiger partial charge is 0.0833 e. The van der Waals surface area contributed by atoms with Gasteiger partial charge in [-0.15, -0.1) is 0 Å². The molecule has 0 aliphatic heterocycles. The molecule has 42 valence electrons. The van der Waals surface area contributed by atoms with Crippen LogP contribution in [0.25, 0.3) is 0 Å². The quantitative estimate of drug-likeness (QED) is 0.396. The van der Waals surface area contributed by atoms with Gasteiger partial charge in [0, 0.05) is 7.05 Å². The monoisotopic (exact) mass is 108 g/mol. The van der Waals surface area contributed by atoms with Crippen LogP contribution in [-0.2, 0) is 0 Å². The Labute approximate surface area is 50.9 Å². The maximum absolute atomic E-state index is 6.66. The molecule has 0 spiro atoms. The Hall–Kier alpha value is -0.725. The highest BCUT2D eigenvalue weighted by Gasteiger charge is 1.84. The summed E-state index contributed by atoms with van der Waals surface area (Å²) in [5, 5.41) is 9.43. The number of allylic oxidation sites excluding steroid dienone is 1. The lowest BCUT2D eigenvalue weighted by Crippen LogP contribution is -1.94. The van der Waals surface area contributed by atoms with Gasteiger partial charge in [0.15, 0.2) is 0 Å². The molecular formula is C5H9BN2. The molecule has 8 heavy (non-hydrogen) atoms. The van der Waals surface area contributed by atoms with Crippen molar-refractivity contribution in [3.8, 4) is 0 Å². The van der Waals surface area contributed by atoms with Crippen molar-refractivity contribution < 1.29 is 0 Å². The first-order chi connectivity index (χ1) is 3.81. The van der Waals surface area contributed by atoms with E-state index in [0.29, 0.717) is 0 Å². The third-order valence-corrected chi connectivity index (χ3v) is 0.678. The van der Waals surface area contributed by atoms with E-state index in [1.165, 1.54) is 6.21 Å². The van der Waals surface area contributed by atoms with Crippen LogP contribution in [0, 0.1) is 5.41 Å². The molecule has 0 aliphatic carbocycles. The zero-order valence-electron chi connectivity index (χ0n) is 4.89. The van der Waals surface area contributed by atoms with Crippen molar-refractivity contribution in [2.24, 2.45) is 0 Å². The summed E-state index contributed by atoms with van der Waals surface area (Å²) in [5.41, 5.74) is 0. The molecule has 0 fully saturated rings. The van der Waals surface area contributed by atoms with Crippen LogP contribution in [-0.4, -0.2) is 21.1 Å². The summed E-state index contributed by atoms with van der Waals surface area (Å²) in [5.74, 6) is -0.248. The number of hydrogen-bond donors (Lipinski definition) is 2. The van der Waals surface area contributed by atoms with E-state index in [2.05, 4.69) is 5.32 Å². The van der Waals surface area contributed by atoms with E-state index in [-0.39, 0.29) is 5.82 Å². The van der Waals surface area contributed by atoms with E-state index < -0.39 is 0 Å². The Morgan fingerprint density at radius 1 is 1.75 bits per heavy atom. The summed E-state index contributed by atoms with van der Waals surface area (Å²) in [7, 11) is 7.07. The van der Waals surface area contributed by atoms with Gasteiger partial charge in [0.2, 0.25) is 0 Å². The van der Waals surface area contributed by atoms with Crippen LogP contribution in [0.4, 0.5) is 0 Å². The van der Waals surface area contributed by atoms with Gasteiger partial charge in [0.05, 0.1) is 7.85 Å². The van der Waals surface area contributed by atoms with Gasteiger partial charge < -0.3 is 10.7 Å². The van der Waals surface area contributed by atoms with Gasteiger partial charge in [-0.2, -0.15) is 0 Å². The van der Waals surface area contributed by atoms with Gasteiger partial charge in [-0.1, -0.05) is 6.08 Å². The first-order valence-electron chi connectivity index (χ1n) is 2.41. The molecule has 0 heterocycles. The second kappa shape index (κ2) is 4.43. The predicted octanol–water partition coefficient (Wildman–Crippen LogP) is 0.326. The zero-order chi connectivity index (χ0) is 6.41. The topological polar surface area (TPSA) is 35.9 Å². The second-order valence-electron chi connectivity index (χ2n) is 1.39. The predicted molar refractivity (Wildman–Crippen MR) is 36.5 cm³/mol. The van der Waals surface area contributed by atoms with Crippen molar-refractivity contribution in [3.05, 3.63) is 12.3 Å². The molecule has 0 saturated heterocycles. The van der Waals surface area contributed by atoms with Crippen LogP contribution in [0.2, 0.25) is 5.82 Å². The summed E-state index contributed by atoms with van der Waals surface area (Å²) in [6.45, 7) is 0. The molecule has 1 unspecified atom stereocenters. The van der Waals surface area contributed by atoms with Crippen LogP contribution in [0.5, 0.6) is 0 Å². The van der Waals surface area contributed by atoms with Gasteiger partial charge in [-0.25, -0.2) is 0 Å². The largest absolute Gasteiger partial charge is 0.394 e. The van der Waals surface area contributed by atoms with Crippen LogP contribution in [0.3, 0.4) is 0 Å². The molecular weight excluding hydrogens is 98.9 g/mol. The van der Waals surface area contributed by atoms with Crippen molar-refractivity contribution in [1.29, 1.82) is 5.41 Å². The van der Waals surface area contributed by atoms with Crippen LogP contribution in [0.15, 0.2) is 12.3 Å². The standard InChI is InChI=1S/C5H9BN2/c1-8-3-2-5(6)4-7/h2-5,7-8H,1H3/b3-2-,7-4?. The molecule has 3 heteroatoms. The normalized spacial score (nSPS) is 13.6. The SMILES string of the molecule is [B]C(C=N)/C=C\NC. The van der Waals surface area contributed by atoms with Gasteiger partial charge in [-0.3, -0.25) is 0 Å². The average molecular weight is 108 g/mol. The molecule has 0 aromatic heterocycles. The van der Waals surface area contributed by atoms with Crippen molar-refractivity contribution >= 4 is 14.1 Å². The van der Waals surface area contributed by atoms with Gasteiger partial charge in [-0.05, 0) is 18.2 Å². The van der Waals surface area contributed by atoms with Crippen molar-refractivity contribution in [1.82, 2.24) is 5.32 Å². The maximum Gasteiger partial charge on any atom is 0.0833 e. The Bertz CT molecular complexity index is 90.4. The fourth-order valence-corrected chi connectivity index (χ4v) is 0.263. The number of hydrogen-bond acceptors (Lipinski definition) is 2. The van der Waals surface area contributed by atoms with E-state index in [9.17, 15) is 0 Å². The Kier molecular flexibility index (Phi) is 4.03. The van der Waals surface area contributed by atoms with Crippen LogP contribution < -0.4 is 5.32 Å². The molecule has 2 radical (unpaired) electrons. The number of rotatable bonds is 3. The Morgan fingerprint density at radius 3 is 2.75 bits per heavy atom. The lowest BCUT2D eigenvalue weighted by Gasteiger charge is -1.92. The first kappa shape index (κ1) is 7.27. The molecule has 0 saturated carbocycles. The molecule has 0 rings (SSSR count). The fourth-order valence-electron chi connectivity index (χ4n) is 0.263. The maximum atomic E-state index is 6.66. The summed E-state index contributed by atoms with van der Waals surface area (Å²) in [6, 6.07) is 0. The van der Waals surface area contributed by atoms with Crippen molar-refractivity contribution in [3.63, 3.8) is 0 Å². The summed E-state index contributed by atoms with van der Waals surface area (Å²) in [4.78, 5) is 0. The third kappa shape index (κ3) is 3.46. The molecule has 2 N–H and O–H groups in total. The minimum atomic E-state index is -0.248. The molecule has 0 amide bonds. The Morgan fingerprint density at radius 2 is 2.38 bits per heavy atom. The lowest BCUT2D eigenvalue weighted by molar-refractivity contribution is 1.09. The highest BCUT2D eigenvalue weighted by Crippen LogP contribution is 1.91. The molecule has 2 nitrogen and oxygen atoms in total. The van der Waals surface area contributed by atoms with Crippen molar-refractivity contribution in [2.75, 3.05) is 7.05 Å². The van der Waals surface area contributed by atoms with E-state index in [1.54, 1.807) is 19.3 Å². The molecule has 1 atom stereocenters. The molecule has 0 bridgehead atoms. The zero-order valence-corrected chi connectivity index (χ0v) is 4.89. The number of nitrogens with one attached hydrogen (secondary N) is 2. The lowest BCUT2D eigenvalue weighted by atomic mass is 9.89. The van der Waals surface area contributed by atoms with E-state index in [4.69, 9.17) is 13.3 Å². The van der Waals surface area contributed by atoms with Crippen molar-refractivity contribution in [2.45, 2.75) is 5.82 Å². The summed E-state index contributed by atoms with van der Waals surface area (Å²) >= 11 is 0. The molecule has 0 aliphatic rings. The highest BCUT2D eigenvalue weighted by molar-refractivity contribution is 6.21. The summed E-state index contributed by atoms with van der Waals surface area (Å²) in [6.07, 6.45) is 4.58. The van der Waals surface area contributed by atoms with Crippen LogP contribution in [0.1, 0.15) is 0 Å². The minimum Gasteiger partial charge on any atom is -0.394 e.